The van der Waals surface area contributed by atoms with Gasteiger partial charge in [0.05, 0.1) is 5.39 Å². The molecule has 0 aliphatic heterocycles. The Hall–Kier alpha value is -1.46. The van der Waals surface area contributed by atoms with Gasteiger partial charge in [-0.15, -0.1) is 11.3 Å². The number of rotatable bonds is 2. The van der Waals surface area contributed by atoms with Crippen LogP contribution in [0.3, 0.4) is 0 Å². The highest BCUT2D eigenvalue weighted by Gasteiger charge is 2.20. The Labute approximate surface area is 135 Å². The van der Waals surface area contributed by atoms with Gasteiger partial charge >= 0.3 is 0 Å². The van der Waals surface area contributed by atoms with Crippen molar-refractivity contribution in [2.75, 3.05) is 0 Å². The minimum atomic E-state index is 0.678. The molecule has 3 aromatic rings. The van der Waals surface area contributed by atoms with Crippen molar-refractivity contribution in [2.45, 2.75) is 25.7 Å². The van der Waals surface area contributed by atoms with Gasteiger partial charge in [-0.05, 0) is 49.4 Å². The molecule has 5 heteroatoms. The van der Waals surface area contributed by atoms with Gasteiger partial charge in [0.25, 0.3) is 0 Å². The second-order valence-electron chi connectivity index (χ2n) is 5.13. The Morgan fingerprint density at radius 3 is 2.95 bits per heavy atom. The molecule has 0 saturated carbocycles. The molecular formula is C16H13BrN2OS. The van der Waals surface area contributed by atoms with Crippen molar-refractivity contribution < 1.29 is 4.74 Å². The van der Waals surface area contributed by atoms with Gasteiger partial charge in [0.15, 0.2) is 0 Å². The van der Waals surface area contributed by atoms with Crippen molar-refractivity contribution in [1.29, 1.82) is 0 Å². The molecule has 0 spiro atoms. The van der Waals surface area contributed by atoms with E-state index in [2.05, 4.69) is 25.9 Å². The van der Waals surface area contributed by atoms with Gasteiger partial charge in [0, 0.05) is 9.35 Å². The maximum absolute atomic E-state index is 6.02. The SMILES string of the molecule is Brc1cccc(Oc2ncnc3sc4c(c23)CCCC4)c1. The van der Waals surface area contributed by atoms with Gasteiger partial charge in [0.2, 0.25) is 5.88 Å². The van der Waals surface area contributed by atoms with Crippen LogP contribution < -0.4 is 4.74 Å². The van der Waals surface area contributed by atoms with Crippen LogP contribution in [-0.2, 0) is 12.8 Å². The van der Waals surface area contributed by atoms with Crippen molar-refractivity contribution in [2.24, 2.45) is 0 Å². The van der Waals surface area contributed by atoms with E-state index in [0.29, 0.717) is 5.88 Å². The fourth-order valence-electron chi connectivity index (χ4n) is 2.78. The van der Waals surface area contributed by atoms with E-state index in [1.54, 1.807) is 17.7 Å². The first-order chi connectivity index (χ1) is 10.3. The molecule has 0 fully saturated rings. The molecule has 0 unspecified atom stereocenters. The Morgan fingerprint density at radius 2 is 2.05 bits per heavy atom. The monoisotopic (exact) mass is 360 g/mol. The van der Waals surface area contributed by atoms with E-state index < -0.39 is 0 Å². The number of hydrogen-bond donors (Lipinski definition) is 0. The molecule has 1 aliphatic rings. The van der Waals surface area contributed by atoms with Gasteiger partial charge in [-0.2, -0.15) is 0 Å². The standard InChI is InChI=1S/C16H13BrN2OS/c17-10-4-3-5-11(8-10)20-15-14-12-6-1-2-7-13(12)21-16(14)19-9-18-15/h3-5,8-9H,1-2,6-7H2. The minimum absolute atomic E-state index is 0.678. The van der Waals surface area contributed by atoms with Crippen molar-refractivity contribution >= 4 is 37.5 Å². The molecule has 2 aromatic heterocycles. The highest BCUT2D eigenvalue weighted by Crippen LogP contribution is 2.40. The van der Waals surface area contributed by atoms with E-state index in [4.69, 9.17) is 4.74 Å². The van der Waals surface area contributed by atoms with Crippen LogP contribution >= 0.6 is 27.3 Å². The van der Waals surface area contributed by atoms with Gasteiger partial charge in [-0.25, -0.2) is 9.97 Å². The summed E-state index contributed by atoms with van der Waals surface area (Å²) in [6, 6.07) is 7.83. The largest absolute Gasteiger partial charge is 0.438 e. The highest BCUT2D eigenvalue weighted by molar-refractivity contribution is 9.10. The Kier molecular flexibility index (Phi) is 3.39. The van der Waals surface area contributed by atoms with Crippen LogP contribution in [0.2, 0.25) is 0 Å². The summed E-state index contributed by atoms with van der Waals surface area (Å²) in [5, 5.41) is 1.11. The second kappa shape index (κ2) is 5.39. The van der Waals surface area contributed by atoms with Crippen molar-refractivity contribution in [3.63, 3.8) is 0 Å². The summed E-state index contributed by atoms with van der Waals surface area (Å²) < 4.78 is 7.02. The van der Waals surface area contributed by atoms with E-state index in [9.17, 15) is 0 Å². The number of halogens is 1. The quantitative estimate of drug-likeness (QED) is 0.635. The second-order valence-corrected chi connectivity index (χ2v) is 7.13. The lowest BCUT2D eigenvalue weighted by atomic mass is 9.97. The number of fused-ring (bicyclic) bond motifs is 3. The molecule has 106 valence electrons. The molecule has 0 saturated heterocycles. The van der Waals surface area contributed by atoms with E-state index in [1.165, 1.54) is 23.3 Å². The molecule has 1 aromatic carbocycles. The highest BCUT2D eigenvalue weighted by atomic mass is 79.9. The fraction of sp³-hybridized carbons (Fsp3) is 0.250. The van der Waals surface area contributed by atoms with Gasteiger partial charge < -0.3 is 4.74 Å². The molecule has 1 aliphatic carbocycles. The summed E-state index contributed by atoms with van der Waals surface area (Å²) >= 11 is 5.25. The molecule has 4 rings (SSSR count). The van der Waals surface area contributed by atoms with Crippen LogP contribution in [0.15, 0.2) is 35.1 Å². The summed E-state index contributed by atoms with van der Waals surface area (Å²) in [4.78, 5) is 11.3. The molecular weight excluding hydrogens is 348 g/mol. The lowest BCUT2D eigenvalue weighted by Crippen LogP contribution is -1.99. The van der Waals surface area contributed by atoms with Crippen LogP contribution in [0.5, 0.6) is 11.6 Å². The summed E-state index contributed by atoms with van der Waals surface area (Å²) in [7, 11) is 0. The molecule has 2 heterocycles. The number of nitrogens with zero attached hydrogens (tertiary/aromatic N) is 2. The summed E-state index contributed by atoms with van der Waals surface area (Å²) in [6.45, 7) is 0. The topological polar surface area (TPSA) is 35.0 Å². The summed E-state index contributed by atoms with van der Waals surface area (Å²) in [6.07, 6.45) is 6.38. The van der Waals surface area contributed by atoms with E-state index >= 15 is 0 Å². The Bertz CT molecular complexity index is 815. The third-order valence-corrected chi connectivity index (χ3v) is 5.42. The van der Waals surface area contributed by atoms with Crippen molar-refractivity contribution in [3.05, 3.63) is 45.5 Å². The maximum Gasteiger partial charge on any atom is 0.231 e. The van der Waals surface area contributed by atoms with Gasteiger partial charge in [-0.1, -0.05) is 22.0 Å². The third kappa shape index (κ3) is 2.45. The molecule has 0 radical (unpaired) electrons. The molecule has 21 heavy (non-hydrogen) atoms. The van der Waals surface area contributed by atoms with E-state index in [-0.39, 0.29) is 0 Å². The van der Waals surface area contributed by atoms with Crippen molar-refractivity contribution in [3.8, 4) is 11.6 Å². The van der Waals surface area contributed by atoms with Crippen LogP contribution in [0, 0.1) is 0 Å². The van der Waals surface area contributed by atoms with E-state index in [0.717, 1.165) is 33.3 Å². The number of thiophene rings is 1. The van der Waals surface area contributed by atoms with E-state index in [1.807, 2.05) is 24.3 Å². The van der Waals surface area contributed by atoms with Gasteiger partial charge in [-0.3, -0.25) is 0 Å². The summed E-state index contributed by atoms with van der Waals surface area (Å²) in [5.41, 5.74) is 1.40. The first-order valence-electron chi connectivity index (χ1n) is 7.00. The first kappa shape index (κ1) is 13.2. The zero-order valence-electron chi connectivity index (χ0n) is 11.3. The number of hydrogen-bond acceptors (Lipinski definition) is 4. The normalized spacial score (nSPS) is 14.1. The average Bonchev–Trinajstić information content (AvgIpc) is 2.87. The van der Waals surface area contributed by atoms with Crippen LogP contribution in [0.4, 0.5) is 0 Å². The lowest BCUT2D eigenvalue weighted by Gasteiger charge is -2.12. The number of aryl methyl sites for hydroxylation is 2. The molecule has 0 atom stereocenters. The average molecular weight is 361 g/mol. The zero-order chi connectivity index (χ0) is 14.2. The van der Waals surface area contributed by atoms with Gasteiger partial charge in [0.1, 0.15) is 16.9 Å². The zero-order valence-corrected chi connectivity index (χ0v) is 13.7. The van der Waals surface area contributed by atoms with Crippen LogP contribution in [0.1, 0.15) is 23.3 Å². The number of benzene rings is 1. The number of aromatic nitrogens is 2. The van der Waals surface area contributed by atoms with Crippen LogP contribution in [-0.4, -0.2) is 9.97 Å². The first-order valence-corrected chi connectivity index (χ1v) is 8.61. The maximum atomic E-state index is 6.02. The minimum Gasteiger partial charge on any atom is -0.438 e. The molecule has 0 amide bonds. The predicted octanol–water partition coefficient (Wildman–Crippen LogP) is 5.12. The molecule has 3 nitrogen and oxygen atoms in total. The summed E-state index contributed by atoms with van der Waals surface area (Å²) in [5.74, 6) is 1.47. The molecule has 0 bridgehead atoms. The van der Waals surface area contributed by atoms with Crippen LogP contribution in [0.25, 0.3) is 10.2 Å². The smallest absolute Gasteiger partial charge is 0.231 e. The fourth-order valence-corrected chi connectivity index (χ4v) is 4.38. The third-order valence-electron chi connectivity index (χ3n) is 3.73. The van der Waals surface area contributed by atoms with Crippen molar-refractivity contribution in [1.82, 2.24) is 9.97 Å². The Morgan fingerprint density at radius 1 is 1.14 bits per heavy atom. The predicted molar refractivity (Wildman–Crippen MR) is 88.3 cm³/mol. The lowest BCUT2D eigenvalue weighted by molar-refractivity contribution is 0.467. The Balaban J connectivity index is 1.83. The molecule has 0 N–H and O–H groups in total. The number of ether oxygens (including phenoxy) is 1.